The third-order valence-corrected chi connectivity index (χ3v) is 3.67. The summed E-state index contributed by atoms with van der Waals surface area (Å²) in [6.45, 7) is 4.06. The number of benzene rings is 2. The Labute approximate surface area is 141 Å². The monoisotopic (exact) mass is 324 g/mol. The first-order chi connectivity index (χ1) is 11.5. The minimum absolute atomic E-state index is 0.0231. The molecule has 5 nitrogen and oxygen atoms in total. The average Bonchev–Trinajstić information content (AvgIpc) is 2.58. The van der Waals surface area contributed by atoms with Crippen molar-refractivity contribution in [1.82, 2.24) is 5.32 Å². The average molecular weight is 324 g/mol. The predicted octanol–water partition coefficient (Wildman–Crippen LogP) is 4.12. The van der Waals surface area contributed by atoms with E-state index in [0.29, 0.717) is 5.56 Å². The molecule has 24 heavy (non-hydrogen) atoms. The highest BCUT2D eigenvalue weighted by Crippen LogP contribution is 2.22. The van der Waals surface area contributed by atoms with Crippen molar-refractivity contribution in [3.8, 4) is 0 Å². The maximum absolute atomic E-state index is 12.2. The summed E-state index contributed by atoms with van der Waals surface area (Å²) in [6.07, 6.45) is 2.80. The molecule has 0 heterocycles. The predicted molar refractivity (Wildman–Crippen MR) is 94.3 cm³/mol. The summed E-state index contributed by atoms with van der Waals surface area (Å²) in [5, 5.41) is 13.9. The molecule has 0 saturated heterocycles. The summed E-state index contributed by atoms with van der Waals surface area (Å²) in [5.41, 5.74) is 1.41. The van der Waals surface area contributed by atoms with E-state index in [1.165, 1.54) is 18.2 Å². The lowest BCUT2D eigenvalue weighted by Gasteiger charge is -2.22. The zero-order valence-electron chi connectivity index (χ0n) is 13.7. The van der Waals surface area contributed by atoms with E-state index in [1.54, 1.807) is 18.2 Å². The van der Waals surface area contributed by atoms with Gasteiger partial charge in [0.2, 0.25) is 5.91 Å². The second-order valence-electron chi connectivity index (χ2n) is 5.79. The number of carbonyl (C=O) groups is 1. The van der Waals surface area contributed by atoms with Gasteiger partial charge in [-0.2, -0.15) is 0 Å². The molecule has 0 saturated carbocycles. The standard InChI is InChI=1S/C19H20N2O3/c1-14(2)19(16-9-4-3-5-10-16)20-18(22)13-12-15-8-6-7-11-17(15)21(23)24/h3-14,19H,1-2H3,(H,20,22)/b13-12+. The molecule has 0 bridgehead atoms. The summed E-state index contributed by atoms with van der Waals surface area (Å²) < 4.78 is 0. The molecule has 124 valence electrons. The number of hydrogen-bond acceptors (Lipinski definition) is 3. The van der Waals surface area contributed by atoms with Crippen molar-refractivity contribution >= 4 is 17.7 Å². The Bertz CT molecular complexity index is 739. The Kier molecular flexibility index (Phi) is 5.84. The fourth-order valence-electron chi connectivity index (χ4n) is 2.46. The normalized spacial score (nSPS) is 12.3. The van der Waals surface area contributed by atoms with E-state index in [1.807, 2.05) is 44.2 Å². The number of rotatable bonds is 6. The van der Waals surface area contributed by atoms with Gasteiger partial charge in [-0.1, -0.05) is 56.3 Å². The molecule has 1 atom stereocenters. The molecule has 5 heteroatoms. The van der Waals surface area contributed by atoms with E-state index < -0.39 is 4.92 Å². The second kappa shape index (κ2) is 8.06. The minimum Gasteiger partial charge on any atom is -0.345 e. The first kappa shape index (κ1) is 17.4. The van der Waals surface area contributed by atoms with E-state index in [9.17, 15) is 14.9 Å². The highest BCUT2D eigenvalue weighted by molar-refractivity contribution is 5.92. The van der Waals surface area contributed by atoms with Crippen LogP contribution in [0.5, 0.6) is 0 Å². The molecule has 2 aromatic rings. The molecule has 1 amide bonds. The van der Waals surface area contributed by atoms with Crippen molar-refractivity contribution in [3.05, 3.63) is 81.9 Å². The summed E-state index contributed by atoms with van der Waals surface area (Å²) in [6, 6.07) is 15.9. The van der Waals surface area contributed by atoms with E-state index in [0.717, 1.165) is 5.56 Å². The van der Waals surface area contributed by atoms with Gasteiger partial charge in [-0.05, 0) is 23.6 Å². The molecule has 0 aromatic heterocycles. The number of nitrogens with one attached hydrogen (secondary N) is 1. The number of nitro benzene ring substituents is 1. The Balaban J connectivity index is 2.13. The SMILES string of the molecule is CC(C)C(NC(=O)/C=C/c1ccccc1[N+](=O)[O-])c1ccccc1. The van der Waals surface area contributed by atoms with Gasteiger partial charge in [0.05, 0.1) is 16.5 Å². The van der Waals surface area contributed by atoms with Gasteiger partial charge < -0.3 is 5.32 Å². The van der Waals surface area contributed by atoms with Crippen molar-refractivity contribution in [2.75, 3.05) is 0 Å². The van der Waals surface area contributed by atoms with E-state index >= 15 is 0 Å². The van der Waals surface area contributed by atoms with Crippen LogP contribution in [0, 0.1) is 16.0 Å². The Hall–Kier alpha value is -2.95. The Morgan fingerprint density at radius 1 is 1.08 bits per heavy atom. The molecule has 0 spiro atoms. The number of hydrogen-bond donors (Lipinski definition) is 1. The second-order valence-corrected chi connectivity index (χ2v) is 5.79. The van der Waals surface area contributed by atoms with Crippen molar-refractivity contribution in [3.63, 3.8) is 0 Å². The molecular formula is C19H20N2O3. The van der Waals surface area contributed by atoms with Gasteiger partial charge in [-0.15, -0.1) is 0 Å². The van der Waals surface area contributed by atoms with Crippen LogP contribution >= 0.6 is 0 Å². The lowest BCUT2D eigenvalue weighted by Crippen LogP contribution is -2.30. The van der Waals surface area contributed by atoms with Crippen LogP contribution in [-0.2, 0) is 4.79 Å². The lowest BCUT2D eigenvalue weighted by molar-refractivity contribution is -0.385. The van der Waals surface area contributed by atoms with Crippen molar-refractivity contribution in [2.45, 2.75) is 19.9 Å². The molecule has 0 aliphatic heterocycles. The maximum atomic E-state index is 12.2. The largest absolute Gasteiger partial charge is 0.345 e. The van der Waals surface area contributed by atoms with Crippen LogP contribution < -0.4 is 5.32 Å². The Morgan fingerprint density at radius 2 is 1.71 bits per heavy atom. The molecule has 0 radical (unpaired) electrons. The van der Waals surface area contributed by atoms with Gasteiger partial charge in [0, 0.05) is 12.1 Å². The van der Waals surface area contributed by atoms with Gasteiger partial charge in [0.25, 0.3) is 5.69 Å². The van der Waals surface area contributed by atoms with Crippen molar-refractivity contribution < 1.29 is 9.72 Å². The third kappa shape index (κ3) is 4.52. The number of para-hydroxylation sites is 1. The third-order valence-electron chi connectivity index (χ3n) is 3.67. The molecule has 1 N–H and O–H groups in total. The van der Waals surface area contributed by atoms with Crippen LogP contribution in [-0.4, -0.2) is 10.8 Å². The molecule has 1 unspecified atom stereocenters. The molecule has 0 aliphatic rings. The van der Waals surface area contributed by atoms with Crippen molar-refractivity contribution in [2.24, 2.45) is 5.92 Å². The number of carbonyl (C=O) groups excluding carboxylic acids is 1. The van der Waals surface area contributed by atoms with E-state index in [-0.39, 0.29) is 23.6 Å². The van der Waals surface area contributed by atoms with Gasteiger partial charge in [-0.3, -0.25) is 14.9 Å². The molecule has 0 aliphatic carbocycles. The van der Waals surface area contributed by atoms with Gasteiger partial charge in [0.1, 0.15) is 0 Å². The zero-order chi connectivity index (χ0) is 17.5. The van der Waals surface area contributed by atoms with Gasteiger partial charge in [-0.25, -0.2) is 0 Å². The van der Waals surface area contributed by atoms with Crippen molar-refractivity contribution in [1.29, 1.82) is 0 Å². The lowest BCUT2D eigenvalue weighted by atomic mass is 9.96. The first-order valence-electron chi connectivity index (χ1n) is 7.76. The van der Waals surface area contributed by atoms with Crippen LogP contribution in [0.25, 0.3) is 6.08 Å². The van der Waals surface area contributed by atoms with Crippen LogP contribution in [0.3, 0.4) is 0 Å². The summed E-state index contributed by atoms with van der Waals surface area (Å²) in [5.74, 6) is -0.0634. The number of nitro groups is 1. The molecule has 2 rings (SSSR count). The van der Waals surface area contributed by atoms with E-state index in [2.05, 4.69) is 5.32 Å². The number of nitrogens with zero attached hydrogens (tertiary/aromatic N) is 1. The minimum atomic E-state index is -0.460. The first-order valence-corrected chi connectivity index (χ1v) is 7.76. The number of amides is 1. The quantitative estimate of drug-likeness (QED) is 0.493. The molecule has 0 fully saturated rings. The fraction of sp³-hybridized carbons (Fsp3) is 0.211. The van der Waals surface area contributed by atoms with Crippen LogP contribution in [0.2, 0.25) is 0 Å². The zero-order valence-corrected chi connectivity index (χ0v) is 13.7. The smallest absolute Gasteiger partial charge is 0.276 e. The highest BCUT2D eigenvalue weighted by Gasteiger charge is 2.17. The van der Waals surface area contributed by atoms with Gasteiger partial charge in [0.15, 0.2) is 0 Å². The fourth-order valence-corrected chi connectivity index (χ4v) is 2.46. The summed E-state index contributed by atoms with van der Waals surface area (Å²) in [4.78, 5) is 22.7. The summed E-state index contributed by atoms with van der Waals surface area (Å²) >= 11 is 0. The van der Waals surface area contributed by atoms with Crippen LogP contribution in [0.4, 0.5) is 5.69 Å². The van der Waals surface area contributed by atoms with E-state index in [4.69, 9.17) is 0 Å². The molecule has 2 aromatic carbocycles. The topological polar surface area (TPSA) is 72.2 Å². The van der Waals surface area contributed by atoms with Crippen LogP contribution in [0.15, 0.2) is 60.7 Å². The molecular weight excluding hydrogens is 304 g/mol. The highest BCUT2D eigenvalue weighted by atomic mass is 16.6. The maximum Gasteiger partial charge on any atom is 0.276 e. The van der Waals surface area contributed by atoms with Gasteiger partial charge >= 0.3 is 0 Å². The Morgan fingerprint density at radius 3 is 2.33 bits per heavy atom. The van der Waals surface area contributed by atoms with Crippen LogP contribution in [0.1, 0.15) is 31.0 Å². The summed E-state index contributed by atoms with van der Waals surface area (Å²) in [7, 11) is 0.